The number of ether oxygens (including phenoxy) is 1. The van der Waals surface area contributed by atoms with Crippen molar-refractivity contribution >= 4 is 11.9 Å². The smallest absolute Gasteiger partial charge is 0.325 e. The number of amides is 1. The molecule has 0 bridgehead atoms. The molecule has 1 aromatic rings. The van der Waals surface area contributed by atoms with E-state index in [1.807, 2.05) is 6.92 Å². The number of rotatable bonds is 4. The zero-order chi connectivity index (χ0) is 14.7. The van der Waals surface area contributed by atoms with Gasteiger partial charge in [-0.15, -0.1) is 5.10 Å². The maximum absolute atomic E-state index is 12.2. The fraction of sp³-hybridized carbons (Fsp3) is 0.636. The normalized spacial score (nSPS) is 22.8. The fourth-order valence-corrected chi connectivity index (χ4v) is 2.09. The number of morpholine rings is 1. The van der Waals surface area contributed by atoms with Gasteiger partial charge in [-0.25, -0.2) is 4.68 Å². The van der Waals surface area contributed by atoms with Gasteiger partial charge in [0, 0.05) is 13.1 Å². The van der Waals surface area contributed by atoms with E-state index < -0.39 is 12.1 Å². The van der Waals surface area contributed by atoms with E-state index in [1.165, 1.54) is 11.1 Å². The summed E-state index contributed by atoms with van der Waals surface area (Å²) in [5.74, 6) is -1.41. The lowest BCUT2D eigenvalue weighted by atomic mass is 10.2. The number of aliphatic hydroxyl groups excluding tert-OH is 1. The molecule has 20 heavy (non-hydrogen) atoms. The molecule has 1 saturated heterocycles. The van der Waals surface area contributed by atoms with E-state index in [4.69, 9.17) is 14.9 Å². The minimum absolute atomic E-state index is 0.0806. The van der Waals surface area contributed by atoms with Crippen molar-refractivity contribution in [2.45, 2.75) is 25.7 Å². The zero-order valence-corrected chi connectivity index (χ0v) is 11.0. The lowest BCUT2D eigenvalue weighted by molar-refractivity contribution is -0.137. The molecule has 0 aliphatic carbocycles. The summed E-state index contributed by atoms with van der Waals surface area (Å²) in [6.45, 7) is 1.95. The minimum Gasteiger partial charge on any atom is -0.480 e. The van der Waals surface area contributed by atoms with Crippen LogP contribution < -0.4 is 0 Å². The van der Waals surface area contributed by atoms with Gasteiger partial charge in [-0.1, -0.05) is 5.21 Å². The summed E-state index contributed by atoms with van der Waals surface area (Å²) in [7, 11) is 0. The molecule has 110 valence electrons. The Morgan fingerprint density at radius 1 is 1.50 bits per heavy atom. The predicted octanol–water partition coefficient (Wildman–Crippen LogP) is -1.42. The Balaban J connectivity index is 2.06. The summed E-state index contributed by atoms with van der Waals surface area (Å²) in [5, 5.41) is 25.0. The lowest BCUT2D eigenvalue weighted by Gasteiger charge is -2.35. The van der Waals surface area contributed by atoms with Gasteiger partial charge in [-0.3, -0.25) is 9.59 Å². The molecule has 0 saturated carbocycles. The minimum atomic E-state index is -1.06. The molecule has 2 heterocycles. The van der Waals surface area contributed by atoms with Crippen LogP contribution in [0.15, 0.2) is 6.20 Å². The van der Waals surface area contributed by atoms with Crippen LogP contribution in [0.5, 0.6) is 0 Å². The van der Waals surface area contributed by atoms with Crippen molar-refractivity contribution in [2.75, 3.05) is 19.7 Å². The molecule has 0 aromatic carbocycles. The summed E-state index contributed by atoms with van der Waals surface area (Å²) < 4.78 is 6.53. The van der Waals surface area contributed by atoms with E-state index in [-0.39, 0.29) is 37.4 Å². The molecule has 1 aliphatic rings. The molecule has 2 atom stereocenters. The molecule has 2 rings (SSSR count). The highest BCUT2D eigenvalue weighted by atomic mass is 16.5. The van der Waals surface area contributed by atoms with Gasteiger partial charge in [-0.2, -0.15) is 0 Å². The van der Waals surface area contributed by atoms with Crippen molar-refractivity contribution in [1.29, 1.82) is 0 Å². The number of carbonyl (C=O) groups excluding carboxylic acids is 1. The zero-order valence-electron chi connectivity index (χ0n) is 11.0. The number of aliphatic hydroxyl groups is 1. The van der Waals surface area contributed by atoms with Gasteiger partial charge in [0.2, 0.25) is 0 Å². The molecule has 1 fully saturated rings. The fourth-order valence-electron chi connectivity index (χ4n) is 2.09. The third-order valence-corrected chi connectivity index (χ3v) is 2.87. The molecule has 0 spiro atoms. The van der Waals surface area contributed by atoms with E-state index in [0.717, 1.165) is 4.68 Å². The van der Waals surface area contributed by atoms with Gasteiger partial charge in [0.25, 0.3) is 5.91 Å². The average Bonchev–Trinajstić information content (AvgIpc) is 2.84. The Hall–Kier alpha value is -2.00. The van der Waals surface area contributed by atoms with Crippen LogP contribution in [0.25, 0.3) is 0 Å². The number of nitrogens with zero attached hydrogens (tertiary/aromatic N) is 4. The Bertz CT molecular complexity index is 503. The third kappa shape index (κ3) is 3.31. The van der Waals surface area contributed by atoms with Crippen LogP contribution in [0.4, 0.5) is 0 Å². The maximum Gasteiger partial charge on any atom is 0.325 e. The van der Waals surface area contributed by atoms with E-state index >= 15 is 0 Å². The third-order valence-electron chi connectivity index (χ3n) is 2.87. The molecule has 1 amide bonds. The van der Waals surface area contributed by atoms with Crippen molar-refractivity contribution < 1.29 is 24.5 Å². The summed E-state index contributed by atoms with van der Waals surface area (Å²) in [4.78, 5) is 24.3. The van der Waals surface area contributed by atoms with Crippen molar-refractivity contribution in [2.24, 2.45) is 0 Å². The molecule has 9 heteroatoms. The van der Waals surface area contributed by atoms with Crippen LogP contribution in [0.1, 0.15) is 17.4 Å². The molecule has 2 unspecified atom stereocenters. The first kappa shape index (κ1) is 14.4. The second-order valence-electron chi connectivity index (χ2n) is 4.66. The van der Waals surface area contributed by atoms with Gasteiger partial charge in [-0.05, 0) is 6.92 Å². The highest BCUT2D eigenvalue weighted by molar-refractivity contribution is 5.92. The molecular weight excluding hydrogens is 268 g/mol. The number of carboxylic acid groups (broad SMARTS) is 1. The summed E-state index contributed by atoms with van der Waals surface area (Å²) in [5.41, 5.74) is 0.0806. The molecule has 1 aromatic heterocycles. The molecule has 2 N–H and O–H groups in total. The quantitative estimate of drug-likeness (QED) is 0.697. The standard InChI is InChI=1S/C11H16N4O5/c1-7-2-14(3-8(6-16)20-7)11(19)9-4-15(13-12-9)5-10(17)18/h4,7-8,16H,2-3,5-6H2,1H3,(H,17,18). The predicted molar refractivity (Wildman–Crippen MR) is 65.0 cm³/mol. The highest BCUT2D eigenvalue weighted by Crippen LogP contribution is 2.13. The van der Waals surface area contributed by atoms with Crippen molar-refractivity contribution in [3.8, 4) is 0 Å². The molecule has 9 nitrogen and oxygen atoms in total. The number of aromatic nitrogens is 3. The number of carboxylic acids is 1. The van der Waals surface area contributed by atoms with Gasteiger partial charge in [0.15, 0.2) is 5.69 Å². The first-order valence-electron chi connectivity index (χ1n) is 6.17. The van der Waals surface area contributed by atoms with E-state index in [1.54, 1.807) is 0 Å². The van der Waals surface area contributed by atoms with Crippen LogP contribution in [-0.2, 0) is 16.1 Å². The van der Waals surface area contributed by atoms with Crippen molar-refractivity contribution in [3.05, 3.63) is 11.9 Å². The number of hydrogen-bond acceptors (Lipinski definition) is 6. The van der Waals surface area contributed by atoms with Crippen LogP contribution in [0.3, 0.4) is 0 Å². The van der Waals surface area contributed by atoms with E-state index in [0.29, 0.717) is 6.54 Å². The van der Waals surface area contributed by atoms with Gasteiger partial charge in [0.05, 0.1) is 25.0 Å². The Morgan fingerprint density at radius 2 is 2.25 bits per heavy atom. The van der Waals surface area contributed by atoms with E-state index in [9.17, 15) is 9.59 Å². The summed E-state index contributed by atoms with van der Waals surface area (Å²) >= 11 is 0. The highest BCUT2D eigenvalue weighted by Gasteiger charge is 2.29. The van der Waals surface area contributed by atoms with E-state index in [2.05, 4.69) is 10.3 Å². The number of hydrogen-bond donors (Lipinski definition) is 2. The largest absolute Gasteiger partial charge is 0.480 e. The van der Waals surface area contributed by atoms with Crippen LogP contribution in [-0.4, -0.2) is 73.9 Å². The van der Waals surface area contributed by atoms with Crippen LogP contribution in [0, 0.1) is 0 Å². The average molecular weight is 284 g/mol. The van der Waals surface area contributed by atoms with Crippen LogP contribution >= 0.6 is 0 Å². The van der Waals surface area contributed by atoms with Gasteiger partial charge in [0.1, 0.15) is 6.54 Å². The summed E-state index contributed by atoms with van der Waals surface area (Å²) in [6.07, 6.45) is 0.695. The number of carbonyl (C=O) groups is 2. The summed E-state index contributed by atoms with van der Waals surface area (Å²) in [6, 6.07) is 0. The first-order chi connectivity index (χ1) is 9.49. The Kier molecular flexibility index (Phi) is 4.30. The number of aliphatic carboxylic acids is 1. The Labute approximate surface area is 114 Å². The van der Waals surface area contributed by atoms with Gasteiger partial charge < -0.3 is 19.8 Å². The second kappa shape index (κ2) is 5.97. The van der Waals surface area contributed by atoms with Crippen molar-refractivity contribution in [3.63, 3.8) is 0 Å². The maximum atomic E-state index is 12.2. The molecule has 1 aliphatic heterocycles. The van der Waals surface area contributed by atoms with Gasteiger partial charge >= 0.3 is 5.97 Å². The molecule has 0 radical (unpaired) electrons. The van der Waals surface area contributed by atoms with Crippen LogP contribution in [0.2, 0.25) is 0 Å². The monoisotopic (exact) mass is 284 g/mol. The topological polar surface area (TPSA) is 118 Å². The first-order valence-corrected chi connectivity index (χ1v) is 6.17. The van der Waals surface area contributed by atoms with Crippen molar-refractivity contribution in [1.82, 2.24) is 19.9 Å². The Morgan fingerprint density at radius 3 is 2.90 bits per heavy atom. The molecular formula is C11H16N4O5. The lowest BCUT2D eigenvalue weighted by Crippen LogP contribution is -2.50. The second-order valence-corrected chi connectivity index (χ2v) is 4.66. The SMILES string of the molecule is CC1CN(C(=O)c2cn(CC(=O)O)nn2)CC(CO)O1.